The summed E-state index contributed by atoms with van der Waals surface area (Å²) in [6.45, 7) is 0. The molecule has 0 amide bonds. The van der Waals surface area contributed by atoms with Crippen LogP contribution in [0.3, 0.4) is 0 Å². The van der Waals surface area contributed by atoms with E-state index in [0.717, 1.165) is 12.1 Å². The highest BCUT2D eigenvalue weighted by molar-refractivity contribution is 5.29. The van der Waals surface area contributed by atoms with E-state index in [1.807, 2.05) is 0 Å². The minimum absolute atomic E-state index is 0.307. The molecule has 6 heteroatoms. The molecule has 0 aliphatic heterocycles. The van der Waals surface area contributed by atoms with Crippen LogP contribution in [0.15, 0.2) is 24.3 Å². The first kappa shape index (κ1) is 13.2. The Balaban J connectivity index is 2.03. The van der Waals surface area contributed by atoms with Crippen molar-refractivity contribution in [1.29, 1.82) is 0 Å². The maximum absolute atomic E-state index is 12.3. The van der Waals surface area contributed by atoms with Gasteiger partial charge in [-0.15, -0.1) is 0 Å². The highest BCUT2D eigenvalue weighted by atomic mass is 19.4. The highest BCUT2D eigenvalue weighted by Gasteiger charge is 2.34. The van der Waals surface area contributed by atoms with Crippen molar-refractivity contribution in [1.82, 2.24) is 0 Å². The Labute approximate surface area is 102 Å². The predicted octanol–water partition coefficient (Wildman–Crippen LogP) is 1.93. The maximum atomic E-state index is 12.3. The van der Waals surface area contributed by atoms with E-state index in [-0.39, 0.29) is 6.04 Å². The average molecular weight is 261 g/mol. The smallest absolute Gasteiger partial charge is 0.416 e. The third kappa shape index (κ3) is 2.76. The van der Waals surface area contributed by atoms with Gasteiger partial charge < -0.3 is 15.6 Å². The van der Waals surface area contributed by atoms with Crippen LogP contribution >= 0.6 is 0 Å². The molecule has 0 bridgehead atoms. The lowest BCUT2D eigenvalue weighted by molar-refractivity contribution is -0.137. The molecule has 3 N–H and O–H groups in total. The van der Waals surface area contributed by atoms with Crippen molar-refractivity contribution >= 4 is 0 Å². The lowest BCUT2D eigenvalue weighted by atomic mass is 10.2. The number of nitrogens with two attached hydrogens (primary N) is 1. The van der Waals surface area contributed by atoms with E-state index < -0.39 is 23.9 Å². The van der Waals surface area contributed by atoms with Crippen molar-refractivity contribution in [2.24, 2.45) is 5.73 Å². The molecule has 0 heterocycles. The Morgan fingerprint density at radius 1 is 1.17 bits per heavy atom. The molecule has 3 atom stereocenters. The Morgan fingerprint density at radius 3 is 2.22 bits per heavy atom. The van der Waals surface area contributed by atoms with Gasteiger partial charge >= 0.3 is 6.18 Å². The first-order valence-corrected chi connectivity index (χ1v) is 5.65. The molecule has 0 spiro atoms. The largest absolute Gasteiger partial charge is 0.488 e. The summed E-state index contributed by atoms with van der Waals surface area (Å²) in [5, 5.41) is 9.67. The molecule has 0 radical (unpaired) electrons. The van der Waals surface area contributed by atoms with E-state index in [1.165, 1.54) is 12.1 Å². The number of aliphatic hydroxyl groups is 1. The fourth-order valence-electron chi connectivity index (χ4n) is 2.00. The van der Waals surface area contributed by atoms with E-state index in [4.69, 9.17) is 10.5 Å². The molecule has 1 saturated carbocycles. The molecule has 1 aliphatic rings. The van der Waals surface area contributed by atoms with Gasteiger partial charge in [-0.1, -0.05) is 0 Å². The number of benzene rings is 1. The molecule has 2 rings (SSSR count). The standard InChI is InChI=1S/C12H14F3NO2/c13-12(14,15)7-1-3-8(4-2-7)18-10-6-5-9(16)11(10)17/h1-4,9-11,17H,5-6,16H2. The zero-order chi connectivity index (χ0) is 13.3. The second kappa shape index (κ2) is 4.78. The van der Waals surface area contributed by atoms with Crippen LogP contribution in [-0.2, 0) is 6.18 Å². The van der Waals surface area contributed by atoms with Crippen LogP contribution in [0.4, 0.5) is 13.2 Å². The second-order valence-corrected chi connectivity index (χ2v) is 4.41. The third-order valence-electron chi connectivity index (χ3n) is 3.07. The number of alkyl halides is 3. The lowest BCUT2D eigenvalue weighted by Gasteiger charge is -2.19. The fraction of sp³-hybridized carbons (Fsp3) is 0.500. The molecule has 3 nitrogen and oxygen atoms in total. The zero-order valence-electron chi connectivity index (χ0n) is 9.52. The molecule has 0 saturated heterocycles. The Bertz CT molecular complexity index is 405. The average Bonchev–Trinajstić information content (AvgIpc) is 2.61. The van der Waals surface area contributed by atoms with Gasteiger partial charge in [0.25, 0.3) is 0 Å². The normalized spacial score (nSPS) is 28.4. The maximum Gasteiger partial charge on any atom is 0.416 e. The van der Waals surface area contributed by atoms with Gasteiger partial charge in [0, 0.05) is 6.04 Å². The molecule has 3 unspecified atom stereocenters. The van der Waals surface area contributed by atoms with Crippen LogP contribution in [0.2, 0.25) is 0 Å². The number of ether oxygens (including phenoxy) is 1. The molecule has 1 aromatic rings. The topological polar surface area (TPSA) is 55.5 Å². The van der Waals surface area contributed by atoms with Crippen molar-refractivity contribution in [2.45, 2.75) is 37.3 Å². The number of hydrogen-bond acceptors (Lipinski definition) is 3. The quantitative estimate of drug-likeness (QED) is 0.855. The number of halogens is 3. The lowest BCUT2D eigenvalue weighted by Crippen LogP contribution is -2.37. The Morgan fingerprint density at radius 2 is 1.78 bits per heavy atom. The summed E-state index contributed by atoms with van der Waals surface area (Å²) in [5.74, 6) is 0.307. The van der Waals surface area contributed by atoms with Crippen LogP contribution in [0.1, 0.15) is 18.4 Å². The van der Waals surface area contributed by atoms with Crippen molar-refractivity contribution < 1.29 is 23.0 Å². The summed E-state index contributed by atoms with van der Waals surface area (Å²) in [7, 11) is 0. The van der Waals surface area contributed by atoms with Crippen LogP contribution in [0.25, 0.3) is 0 Å². The monoisotopic (exact) mass is 261 g/mol. The summed E-state index contributed by atoms with van der Waals surface area (Å²) < 4.78 is 42.4. The highest BCUT2D eigenvalue weighted by Crippen LogP contribution is 2.31. The number of rotatable bonds is 2. The van der Waals surface area contributed by atoms with Gasteiger partial charge in [0.05, 0.1) is 5.56 Å². The van der Waals surface area contributed by atoms with Gasteiger partial charge in [0.2, 0.25) is 0 Å². The molecular weight excluding hydrogens is 247 g/mol. The minimum atomic E-state index is -4.35. The van der Waals surface area contributed by atoms with Gasteiger partial charge in [-0.2, -0.15) is 13.2 Å². The van der Waals surface area contributed by atoms with Crippen molar-refractivity contribution in [3.8, 4) is 5.75 Å². The summed E-state index contributed by atoms with van der Waals surface area (Å²) >= 11 is 0. The van der Waals surface area contributed by atoms with E-state index in [2.05, 4.69) is 0 Å². The van der Waals surface area contributed by atoms with Crippen molar-refractivity contribution in [2.75, 3.05) is 0 Å². The van der Waals surface area contributed by atoms with Gasteiger partial charge in [0.15, 0.2) is 0 Å². The van der Waals surface area contributed by atoms with Gasteiger partial charge in [0.1, 0.15) is 18.0 Å². The molecule has 1 fully saturated rings. The van der Waals surface area contributed by atoms with Crippen LogP contribution in [0, 0.1) is 0 Å². The van der Waals surface area contributed by atoms with Crippen LogP contribution in [-0.4, -0.2) is 23.4 Å². The van der Waals surface area contributed by atoms with Gasteiger partial charge in [-0.25, -0.2) is 0 Å². The zero-order valence-corrected chi connectivity index (χ0v) is 9.52. The summed E-state index contributed by atoms with van der Waals surface area (Å²) in [6, 6.07) is 4.08. The SMILES string of the molecule is NC1CCC(Oc2ccc(C(F)(F)F)cc2)C1O. The first-order valence-electron chi connectivity index (χ1n) is 5.65. The van der Waals surface area contributed by atoms with Crippen molar-refractivity contribution in [3.63, 3.8) is 0 Å². The minimum Gasteiger partial charge on any atom is -0.488 e. The van der Waals surface area contributed by atoms with E-state index in [0.29, 0.717) is 18.6 Å². The third-order valence-corrected chi connectivity index (χ3v) is 3.07. The predicted molar refractivity (Wildman–Crippen MR) is 59.1 cm³/mol. The van der Waals surface area contributed by atoms with E-state index in [1.54, 1.807) is 0 Å². The Kier molecular flexibility index (Phi) is 3.49. The fourth-order valence-corrected chi connectivity index (χ4v) is 2.00. The first-order chi connectivity index (χ1) is 8.38. The molecule has 1 aromatic carbocycles. The summed E-state index contributed by atoms with van der Waals surface area (Å²) in [5.41, 5.74) is 4.90. The number of hydrogen-bond donors (Lipinski definition) is 2. The van der Waals surface area contributed by atoms with E-state index in [9.17, 15) is 18.3 Å². The van der Waals surface area contributed by atoms with Gasteiger partial charge in [-0.05, 0) is 37.1 Å². The Hall–Kier alpha value is -1.27. The summed E-state index contributed by atoms with van der Waals surface area (Å²) in [4.78, 5) is 0. The van der Waals surface area contributed by atoms with Gasteiger partial charge in [-0.3, -0.25) is 0 Å². The summed E-state index contributed by atoms with van der Waals surface area (Å²) in [6.07, 6.45) is -4.33. The van der Waals surface area contributed by atoms with Crippen LogP contribution in [0.5, 0.6) is 5.75 Å². The molecule has 100 valence electrons. The van der Waals surface area contributed by atoms with Crippen LogP contribution < -0.4 is 10.5 Å². The van der Waals surface area contributed by atoms with E-state index >= 15 is 0 Å². The molecule has 18 heavy (non-hydrogen) atoms. The molecular formula is C12H14F3NO2. The molecule has 1 aliphatic carbocycles. The van der Waals surface area contributed by atoms with Crippen molar-refractivity contribution in [3.05, 3.63) is 29.8 Å². The molecule has 0 aromatic heterocycles. The second-order valence-electron chi connectivity index (χ2n) is 4.41. The number of aliphatic hydroxyl groups excluding tert-OH is 1.